The van der Waals surface area contributed by atoms with Gasteiger partial charge in [0.1, 0.15) is 17.1 Å². The zero-order valence-electron chi connectivity index (χ0n) is 9.90. The monoisotopic (exact) mass is 278 g/mol. The maximum absolute atomic E-state index is 12.2. The van der Waals surface area contributed by atoms with Crippen molar-refractivity contribution in [2.45, 2.75) is 0 Å². The van der Waals surface area contributed by atoms with Gasteiger partial charge in [-0.3, -0.25) is 4.79 Å². The number of carbonyl (C=O) groups excluding carboxylic acids is 1. The minimum absolute atomic E-state index is 0.497. The normalized spacial score (nSPS) is 10.4. The van der Waals surface area contributed by atoms with E-state index in [1.165, 1.54) is 0 Å². The first-order valence-corrected chi connectivity index (χ1v) is 5.36. The summed E-state index contributed by atoms with van der Waals surface area (Å²) in [5, 5.41) is 56.7. The minimum Gasteiger partial charge on any atom is -0.508 e. The fraction of sp³-hybridized carbons (Fsp3) is 0. The number of hydrogen-bond acceptors (Lipinski definition) is 7. The van der Waals surface area contributed by atoms with E-state index in [1.54, 1.807) is 0 Å². The molecule has 0 aliphatic heterocycles. The molecule has 2 aromatic rings. The quantitative estimate of drug-likeness (QED) is 0.275. The van der Waals surface area contributed by atoms with Gasteiger partial charge in [0.2, 0.25) is 5.78 Å². The molecule has 2 aromatic carbocycles. The average molecular weight is 278 g/mol. The molecule has 7 heteroatoms. The molecule has 0 fully saturated rings. The summed E-state index contributed by atoms with van der Waals surface area (Å²) in [5.41, 5.74) is -1.20. The van der Waals surface area contributed by atoms with Crippen LogP contribution >= 0.6 is 0 Å². The predicted molar refractivity (Wildman–Crippen MR) is 66.3 cm³/mol. The summed E-state index contributed by atoms with van der Waals surface area (Å²) in [7, 11) is 0. The van der Waals surface area contributed by atoms with Crippen molar-refractivity contribution >= 4 is 5.78 Å². The molecule has 0 aliphatic carbocycles. The lowest BCUT2D eigenvalue weighted by Crippen LogP contribution is -2.03. The molecule has 2 rings (SSSR count). The first kappa shape index (κ1) is 13.3. The Morgan fingerprint density at radius 2 is 1.35 bits per heavy atom. The Hall–Kier alpha value is -3.09. The van der Waals surface area contributed by atoms with Crippen LogP contribution in [0.1, 0.15) is 15.9 Å². The lowest BCUT2D eigenvalue weighted by atomic mass is 9.99. The topological polar surface area (TPSA) is 138 Å². The summed E-state index contributed by atoms with van der Waals surface area (Å²) < 4.78 is 0. The van der Waals surface area contributed by atoms with E-state index in [-0.39, 0.29) is 0 Å². The molecule has 0 spiro atoms. The van der Waals surface area contributed by atoms with Gasteiger partial charge in [-0.15, -0.1) is 0 Å². The number of phenols is 6. The van der Waals surface area contributed by atoms with E-state index in [1.807, 2.05) is 0 Å². The van der Waals surface area contributed by atoms with Crippen LogP contribution in [-0.4, -0.2) is 36.4 Å². The lowest BCUT2D eigenvalue weighted by Gasteiger charge is -2.10. The highest BCUT2D eigenvalue weighted by molar-refractivity contribution is 6.14. The van der Waals surface area contributed by atoms with Gasteiger partial charge in [0.25, 0.3) is 0 Å². The van der Waals surface area contributed by atoms with Gasteiger partial charge in [0.15, 0.2) is 23.0 Å². The van der Waals surface area contributed by atoms with E-state index in [2.05, 4.69) is 0 Å². The van der Waals surface area contributed by atoms with Crippen molar-refractivity contribution in [3.8, 4) is 34.5 Å². The standard InChI is InChI=1S/C13H10O7/c14-5-3-6(11(18)9(17)4-5)12(19)10-7(15)1-2-8(16)13(10)20/h1-4,14-18,20H. The Bertz CT molecular complexity index is 706. The minimum atomic E-state index is -1.08. The van der Waals surface area contributed by atoms with Gasteiger partial charge in [-0.2, -0.15) is 0 Å². The molecule has 20 heavy (non-hydrogen) atoms. The van der Waals surface area contributed by atoms with E-state index in [0.29, 0.717) is 0 Å². The van der Waals surface area contributed by atoms with Crippen LogP contribution < -0.4 is 0 Å². The van der Waals surface area contributed by atoms with Crippen LogP contribution in [0.15, 0.2) is 24.3 Å². The second-order valence-corrected chi connectivity index (χ2v) is 4.02. The highest BCUT2D eigenvalue weighted by Crippen LogP contribution is 2.40. The number of benzene rings is 2. The number of aromatic hydroxyl groups is 6. The zero-order chi connectivity index (χ0) is 15.0. The zero-order valence-corrected chi connectivity index (χ0v) is 9.90. The lowest BCUT2D eigenvalue weighted by molar-refractivity contribution is 0.102. The molecule has 0 amide bonds. The number of carbonyl (C=O) groups is 1. The summed E-state index contributed by atoms with van der Waals surface area (Å²) in [6.45, 7) is 0. The average Bonchev–Trinajstić information content (AvgIpc) is 2.38. The molecule has 0 radical (unpaired) electrons. The molecule has 0 atom stereocenters. The van der Waals surface area contributed by atoms with E-state index in [0.717, 1.165) is 24.3 Å². The third-order valence-electron chi connectivity index (χ3n) is 2.68. The second-order valence-electron chi connectivity index (χ2n) is 4.02. The number of ketones is 1. The van der Waals surface area contributed by atoms with Crippen molar-refractivity contribution in [2.75, 3.05) is 0 Å². The Morgan fingerprint density at radius 1 is 0.750 bits per heavy atom. The van der Waals surface area contributed by atoms with Crippen LogP contribution in [0.2, 0.25) is 0 Å². The third-order valence-corrected chi connectivity index (χ3v) is 2.68. The predicted octanol–water partition coefficient (Wildman–Crippen LogP) is 1.15. The van der Waals surface area contributed by atoms with E-state index < -0.39 is 51.4 Å². The van der Waals surface area contributed by atoms with Crippen molar-refractivity contribution in [3.63, 3.8) is 0 Å². The van der Waals surface area contributed by atoms with Gasteiger partial charge in [0, 0.05) is 6.07 Å². The number of rotatable bonds is 2. The van der Waals surface area contributed by atoms with Gasteiger partial charge in [0.05, 0.1) is 5.56 Å². The molecule has 0 aliphatic rings. The maximum Gasteiger partial charge on any atom is 0.204 e. The van der Waals surface area contributed by atoms with Crippen LogP contribution in [0.25, 0.3) is 0 Å². The summed E-state index contributed by atoms with van der Waals surface area (Å²) in [4.78, 5) is 12.2. The molecule has 0 saturated heterocycles. The van der Waals surface area contributed by atoms with E-state index in [4.69, 9.17) is 0 Å². The number of hydrogen-bond donors (Lipinski definition) is 6. The van der Waals surface area contributed by atoms with Crippen LogP contribution in [0.3, 0.4) is 0 Å². The van der Waals surface area contributed by atoms with Crippen molar-refractivity contribution in [3.05, 3.63) is 35.4 Å². The Kier molecular flexibility index (Phi) is 3.03. The van der Waals surface area contributed by atoms with Gasteiger partial charge in [-0.05, 0) is 18.2 Å². The molecular weight excluding hydrogens is 268 g/mol. The Balaban J connectivity index is 2.67. The Labute approximate surface area is 112 Å². The van der Waals surface area contributed by atoms with Crippen molar-refractivity contribution < 1.29 is 35.4 Å². The van der Waals surface area contributed by atoms with Crippen molar-refractivity contribution in [1.29, 1.82) is 0 Å². The second kappa shape index (κ2) is 4.54. The van der Waals surface area contributed by atoms with E-state index in [9.17, 15) is 35.4 Å². The summed E-state index contributed by atoms with van der Waals surface area (Å²) in [6, 6.07) is 3.61. The fourth-order valence-electron chi connectivity index (χ4n) is 1.71. The molecule has 7 nitrogen and oxygen atoms in total. The first-order valence-electron chi connectivity index (χ1n) is 5.36. The first-order chi connectivity index (χ1) is 9.32. The van der Waals surface area contributed by atoms with Crippen molar-refractivity contribution in [2.24, 2.45) is 0 Å². The van der Waals surface area contributed by atoms with E-state index >= 15 is 0 Å². The molecule has 0 saturated carbocycles. The molecule has 0 bridgehead atoms. The molecule has 0 aromatic heterocycles. The fourth-order valence-corrected chi connectivity index (χ4v) is 1.71. The van der Waals surface area contributed by atoms with Gasteiger partial charge in [-0.1, -0.05) is 0 Å². The summed E-state index contributed by atoms with van der Waals surface area (Å²) in [5.74, 6) is -5.30. The highest BCUT2D eigenvalue weighted by atomic mass is 16.3. The van der Waals surface area contributed by atoms with Crippen LogP contribution in [-0.2, 0) is 0 Å². The molecule has 6 N–H and O–H groups in total. The summed E-state index contributed by atoms with van der Waals surface area (Å²) in [6.07, 6.45) is 0. The number of phenolic OH excluding ortho intramolecular Hbond substituents is 6. The van der Waals surface area contributed by atoms with Gasteiger partial charge < -0.3 is 30.6 Å². The van der Waals surface area contributed by atoms with Crippen LogP contribution in [0, 0.1) is 0 Å². The smallest absolute Gasteiger partial charge is 0.204 e. The van der Waals surface area contributed by atoms with Gasteiger partial charge >= 0.3 is 0 Å². The SMILES string of the molecule is O=C(c1cc(O)cc(O)c1O)c1c(O)ccc(O)c1O. The molecule has 0 heterocycles. The molecule has 0 unspecified atom stereocenters. The van der Waals surface area contributed by atoms with Crippen molar-refractivity contribution in [1.82, 2.24) is 0 Å². The highest BCUT2D eigenvalue weighted by Gasteiger charge is 2.25. The van der Waals surface area contributed by atoms with Crippen LogP contribution in [0.5, 0.6) is 34.5 Å². The maximum atomic E-state index is 12.2. The largest absolute Gasteiger partial charge is 0.508 e. The third kappa shape index (κ3) is 2.01. The van der Waals surface area contributed by atoms with Crippen LogP contribution in [0.4, 0.5) is 0 Å². The summed E-state index contributed by atoms with van der Waals surface area (Å²) >= 11 is 0. The molecule has 104 valence electrons. The molecular formula is C13H10O7. The Morgan fingerprint density at radius 3 is 2.00 bits per heavy atom. The van der Waals surface area contributed by atoms with Gasteiger partial charge in [-0.25, -0.2) is 0 Å².